The van der Waals surface area contributed by atoms with E-state index < -0.39 is 12.0 Å². The fourth-order valence-electron chi connectivity index (χ4n) is 3.38. The van der Waals surface area contributed by atoms with Gasteiger partial charge in [0.25, 0.3) is 0 Å². The number of carbonyl (C=O) groups excluding carboxylic acids is 1. The minimum absolute atomic E-state index is 0.143. The quantitative estimate of drug-likeness (QED) is 0.576. The number of pyridine rings is 2. The molecule has 0 aliphatic carbocycles. The Kier molecular flexibility index (Phi) is 6.94. The van der Waals surface area contributed by atoms with E-state index in [0.717, 1.165) is 50.2 Å². The smallest absolute Gasteiger partial charge is 0.305 e. The summed E-state index contributed by atoms with van der Waals surface area (Å²) in [5.41, 5.74) is 3.01. The Morgan fingerprint density at radius 1 is 1.25 bits per heavy atom. The van der Waals surface area contributed by atoms with Gasteiger partial charge in [0.15, 0.2) is 0 Å². The van der Waals surface area contributed by atoms with Crippen molar-refractivity contribution in [2.75, 3.05) is 11.9 Å². The molecule has 1 aliphatic rings. The second kappa shape index (κ2) is 9.82. The maximum absolute atomic E-state index is 12.3. The molecule has 0 aromatic carbocycles. The molecule has 0 saturated carbocycles. The molecule has 0 fully saturated rings. The Balaban J connectivity index is 1.45. The van der Waals surface area contributed by atoms with Crippen LogP contribution >= 0.6 is 0 Å². The summed E-state index contributed by atoms with van der Waals surface area (Å²) in [6, 6.07) is 7.15. The average Bonchev–Trinajstić information content (AvgIpc) is 2.71. The van der Waals surface area contributed by atoms with Crippen molar-refractivity contribution in [3.05, 3.63) is 53.5 Å². The summed E-state index contributed by atoms with van der Waals surface area (Å²) >= 11 is 0. The topological polar surface area (TPSA) is 104 Å². The second-order valence-corrected chi connectivity index (χ2v) is 7.05. The second-order valence-electron chi connectivity index (χ2n) is 7.05. The van der Waals surface area contributed by atoms with Gasteiger partial charge in [-0.3, -0.25) is 14.6 Å². The summed E-state index contributed by atoms with van der Waals surface area (Å²) in [5, 5.41) is 15.3. The van der Waals surface area contributed by atoms with E-state index in [4.69, 9.17) is 5.11 Å². The molecular formula is C21H26N4O3. The SMILES string of the molecule is O=C(O)C[C@H](NC(=O)CCCCc1ccc2c(n1)NCCC2)c1cccnc1. The van der Waals surface area contributed by atoms with Crippen molar-refractivity contribution in [1.29, 1.82) is 0 Å². The average molecular weight is 382 g/mol. The highest BCUT2D eigenvalue weighted by molar-refractivity contribution is 5.77. The molecule has 0 unspecified atom stereocenters. The van der Waals surface area contributed by atoms with Crippen LogP contribution in [-0.4, -0.2) is 33.5 Å². The number of carboxylic acids is 1. The lowest BCUT2D eigenvalue weighted by Gasteiger charge is -2.18. The van der Waals surface area contributed by atoms with Crippen LogP contribution in [0.25, 0.3) is 0 Å². The predicted octanol–water partition coefficient (Wildman–Crippen LogP) is 2.88. The molecule has 0 spiro atoms. The lowest BCUT2D eigenvalue weighted by atomic mass is 10.0. The number of carbonyl (C=O) groups is 2. The number of unbranched alkanes of at least 4 members (excludes halogenated alkanes) is 1. The molecule has 2 aromatic rings. The molecular weight excluding hydrogens is 356 g/mol. The molecule has 2 aromatic heterocycles. The molecule has 1 atom stereocenters. The van der Waals surface area contributed by atoms with Crippen molar-refractivity contribution in [2.45, 2.75) is 51.0 Å². The monoisotopic (exact) mass is 382 g/mol. The first-order valence-electron chi connectivity index (χ1n) is 9.75. The van der Waals surface area contributed by atoms with Gasteiger partial charge in [0.1, 0.15) is 5.82 Å². The van der Waals surface area contributed by atoms with E-state index in [-0.39, 0.29) is 12.3 Å². The van der Waals surface area contributed by atoms with Crippen LogP contribution in [0.3, 0.4) is 0 Å². The zero-order valence-corrected chi connectivity index (χ0v) is 15.9. The van der Waals surface area contributed by atoms with Crippen LogP contribution in [0.4, 0.5) is 5.82 Å². The number of hydrogen-bond donors (Lipinski definition) is 3. The fraction of sp³-hybridized carbons (Fsp3) is 0.429. The number of amides is 1. The number of hydrogen-bond acceptors (Lipinski definition) is 5. The van der Waals surface area contributed by atoms with E-state index in [1.165, 1.54) is 5.56 Å². The summed E-state index contributed by atoms with van der Waals surface area (Å²) in [4.78, 5) is 32.0. The third-order valence-corrected chi connectivity index (χ3v) is 4.84. The van der Waals surface area contributed by atoms with Gasteiger partial charge >= 0.3 is 5.97 Å². The first-order valence-corrected chi connectivity index (χ1v) is 9.75. The van der Waals surface area contributed by atoms with E-state index in [1.807, 2.05) is 0 Å². The summed E-state index contributed by atoms with van der Waals surface area (Å²) < 4.78 is 0. The van der Waals surface area contributed by atoms with Gasteiger partial charge in [0.2, 0.25) is 5.91 Å². The third-order valence-electron chi connectivity index (χ3n) is 4.84. The summed E-state index contributed by atoms with van der Waals surface area (Å²) in [5.74, 6) is -0.106. The van der Waals surface area contributed by atoms with E-state index in [9.17, 15) is 9.59 Å². The van der Waals surface area contributed by atoms with Gasteiger partial charge in [-0.25, -0.2) is 4.98 Å². The zero-order valence-electron chi connectivity index (χ0n) is 15.9. The normalized spacial score (nSPS) is 13.9. The van der Waals surface area contributed by atoms with Crippen molar-refractivity contribution in [1.82, 2.24) is 15.3 Å². The molecule has 1 aliphatic heterocycles. The Labute approximate surface area is 164 Å². The highest BCUT2D eigenvalue weighted by Crippen LogP contribution is 2.20. The number of fused-ring (bicyclic) bond motifs is 1. The number of aryl methyl sites for hydroxylation is 2. The summed E-state index contributed by atoms with van der Waals surface area (Å²) in [6.07, 6.45) is 8.03. The van der Waals surface area contributed by atoms with Gasteiger partial charge < -0.3 is 15.7 Å². The van der Waals surface area contributed by atoms with Crippen LogP contribution in [0, 0.1) is 0 Å². The number of rotatable bonds is 9. The third kappa shape index (κ3) is 5.77. The van der Waals surface area contributed by atoms with Crippen LogP contribution in [0.15, 0.2) is 36.7 Å². The molecule has 0 radical (unpaired) electrons. The molecule has 1 amide bonds. The first-order chi connectivity index (χ1) is 13.6. The van der Waals surface area contributed by atoms with E-state index >= 15 is 0 Å². The van der Waals surface area contributed by atoms with Gasteiger partial charge in [-0.05, 0) is 55.4 Å². The number of nitrogens with zero attached hydrogens (tertiary/aromatic N) is 2. The number of carboxylic acid groups (broad SMARTS) is 1. The van der Waals surface area contributed by atoms with E-state index in [1.54, 1.807) is 24.5 Å². The van der Waals surface area contributed by atoms with Crippen LogP contribution in [0.2, 0.25) is 0 Å². The van der Waals surface area contributed by atoms with Crippen molar-refractivity contribution in [3.8, 4) is 0 Å². The van der Waals surface area contributed by atoms with Crippen molar-refractivity contribution >= 4 is 17.7 Å². The van der Waals surface area contributed by atoms with Gasteiger partial charge in [-0.2, -0.15) is 0 Å². The molecule has 0 bridgehead atoms. The Hall–Kier alpha value is -2.96. The number of aromatic nitrogens is 2. The minimum Gasteiger partial charge on any atom is -0.481 e. The molecule has 7 heteroatoms. The van der Waals surface area contributed by atoms with E-state index in [2.05, 4.69) is 32.7 Å². The fourth-order valence-corrected chi connectivity index (χ4v) is 3.38. The molecule has 3 rings (SSSR count). The molecule has 148 valence electrons. The van der Waals surface area contributed by atoms with Gasteiger partial charge in [0, 0.05) is 31.1 Å². The van der Waals surface area contributed by atoms with Crippen LogP contribution in [-0.2, 0) is 22.4 Å². The first kappa shape index (κ1) is 19.8. The molecule has 3 heterocycles. The van der Waals surface area contributed by atoms with Crippen molar-refractivity contribution in [2.24, 2.45) is 0 Å². The number of nitrogens with one attached hydrogen (secondary N) is 2. The number of aliphatic carboxylic acids is 1. The highest BCUT2D eigenvalue weighted by atomic mass is 16.4. The van der Waals surface area contributed by atoms with Gasteiger partial charge in [-0.1, -0.05) is 12.1 Å². The molecule has 7 nitrogen and oxygen atoms in total. The Morgan fingerprint density at radius 2 is 2.14 bits per heavy atom. The largest absolute Gasteiger partial charge is 0.481 e. The summed E-state index contributed by atoms with van der Waals surface area (Å²) in [7, 11) is 0. The maximum atomic E-state index is 12.3. The van der Waals surface area contributed by atoms with Crippen LogP contribution < -0.4 is 10.6 Å². The number of anilines is 1. The summed E-state index contributed by atoms with van der Waals surface area (Å²) in [6.45, 7) is 0.970. The molecule has 0 saturated heterocycles. The molecule has 28 heavy (non-hydrogen) atoms. The Morgan fingerprint density at radius 3 is 2.93 bits per heavy atom. The molecule has 3 N–H and O–H groups in total. The van der Waals surface area contributed by atoms with E-state index in [0.29, 0.717) is 12.0 Å². The van der Waals surface area contributed by atoms with Crippen molar-refractivity contribution in [3.63, 3.8) is 0 Å². The van der Waals surface area contributed by atoms with Crippen LogP contribution in [0.1, 0.15) is 55.0 Å². The maximum Gasteiger partial charge on any atom is 0.305 e. The zero-order chi connectivity index (χ0) is 19.8. The standard InChI is InChI=1S/C21H26N4O3/c26-19(25-18(13-20(27)28)16-6-3-11-22-14-16)8-2-1-7-17-10-9-15-5-4-12-23-21(15)24-17/h3,6,9-11,14,18H,1-2,4-5,7-8,12-13H2,(H,23,24)(H,25,26)(H,27,28)/t18-/m0/s1. The van der Waals surface area contributed by atoms with Gasteiger partial charge in [0.05, 0.1) is 12.5 Å². The minimum atomic E-state index is -0.957. The Bertz CT molecular complexity index is 811. The van der Waals surface area contributed by atoms with Crippen LogP contribution in [0.5, 0.6) is 0 Å². The highest BCUT2D eigenvalue weighted by Gasteiger charge is 2.18. The lowest BCUT2D eigenvalue weighted by molar-refractivity contribution is -0.137. The van der Waals surface area contributed by atoms with Crippen molar-refractivity contribution < 1.29 is 14.7 Å². The predicted molar refractivity (Wildman–Crippen MR) is 106 cm³/mol. The lowest BCUT2D eigenvalue weighted by Crippen LogP contribution is -2.30. The van der Waals surface area contributed by atoms with Gasteiger partial charge in [-0.15, -0.1) is 0 Å².